The van der Waals surface area contributed by atoms with Gasteiger partial charge in [0.2, 0.25) is 5.91 Å². The lowest BCUT2D eigenvalue weighted by molar-refractivity contribution is -0.116. The van der Waals surface area contributed by atoms with E-state index < -0.39 is 0 Å². The monoisotopic (exact) mass is 283 g/mol. The number of hydrogen-bond acceptors (Lipinski definition) is 5. The number of nitrogens with zero attached hydrogens (tertiary/aromatic N) is 2. The van der Waals surface area contributed by atoms with Gasteiger partial charge in [-0.05, 0) is 19.3 Å². The number of rotatable bonds is 6. The Morgan fingerprint density at radius 3 is 3.16 bits per heavy atom. The van der Waals surface area contributed by atoms with Gasteiger partial charge in [-0.3, -0.25) is 9.69 Å². The van der Waals surface area contributed by atoms with Crippen LogP contribution in [0.25, 0.3) is 0 Å². The van der Waals surface area contributed by atoms with Gasteiger partial charge in [0.1, 0.15) is 0 Å². The van der Waals surface area contributed by atoms with Crippen LogP contribution in [0.1, 0.15) is 26.0 Å². The number of aromatic nitrogens is 1. The fraction of sp³-hybridized carbons (Fsp3) is 0.692. The van der Waals surface area contributed by atoms with Crippen LogP contribution in [0.5, 0.6) is 0 Å². The van der Waals surface area contributed by atoms with Crippen molar-refractivity contribution in [3.8, 4) is 0 Å². The Morgan fingerprint density at radius 2 is 2.53 bits per heavy atom. The molecule has 0 radical (unpaired) electrons. The van der Waals surface area contributed by atoms with Crippen LogP contribution in [0.3, 0.4) is 0 Å². The van der Waals surface area contributed by atoms with Gasteiger partial charge >= 0.3 is 0 Å². The first-order valence-corrected chi connectivity index (χ1v) is 7.59. The summed E-state index contributed by atoms with van der Waals surface area (Å²) in [5, 5.41) is 6.20. The zero-order chi connectivity index (χ0) is 13.7. The average Bonchev–Trinajstić information content (AvgIpc) is 3.02. The van der Waals surface area contributed by atoms with Crippen molar-refractivity contribution in [2.75, 3.05) is 31.2 Å². The standard InChI is InChI=1S/C13H21N3O2S/c1-3-16(10(2)17)13-15-12(9-19-13)7-14-6-11-4-5-18-8-11/h9,11,14H,3-8H2,1-2H3. The Balaban J connectivity index is 1.81. The van der Waals surface area contributed by atoms with Crippen LogP contribution in [-0.4, -0.2) is 37.2 Å². The first-order valence-electron chi connectivity index (χ1n) is 6.71. The summed E-state index contributed by atoms with van der Waals surface area (Å²) < 4.78 is 5.34. The Bertz CT molecular complexity index is 416. The van der Waals surface area contributed by atoms with Crippen LogP contribution >= 0.6 is 11.3 Å². The van der Waals surface area contributed by atoms with Gasteiger partial charge in [-0.25, -0.2) is 4.98 Å². The highest BCUT2D eigenvalue weighted by molar-refractivity contribution is 7.14. The maximum Gasteiger partial charge on any atom is 0.225 e. The minimum absolute atomic E-state index is 0.0412. The van der Waals surface area contributed by atoms with Gasteiger partial charge in [-0.2, -0.15) is 0 Å². The number of carbonyl (C=O) groups excluding carboxylic acids is 1. The highest BCUT2D eigenvalue weighted by Gasteiger charge is 2.16. The highest BCUT2D eigenvalue weighted by atomic mass is 32.1. The van der Waals surface area contributed by atoms with E-state index in [4.69, 9.17) is 4.74 Å². The SMILES string of the molecule is CCN(C(C)=O)c1nc(CNCC2CCOC2)cs1. The number of hydrogen-bond donors (Lipinski definition) is 1. The molecule has 0 bridgehead atoms. The molecule has 2 heterocycles. The van der Waals surface area contributed by atoms with E-state index >= 15 is 0 Å². The van der Waals surface area contributed by atoms with Crippen molar-refractivity contribution >= 4 is 22.4 Å². The molecule has 5 nitrogen and oxygen atoms in total. The van der Waals surface area contributed by atoms with E-state index in [1.165, 1.54) is 11.3 Å². The second-order valence-electron chi connectivity index (χ2n) is 4.75. The van der Waals surface area contributed by atoms with Gasteiger partial charge in [0.05, 0.1) is 12.3 Å². The third kappa shape index (κ3) is 3.99. The zero-order valence-electron chi connectivity index (χ0n) is 11.5. The molecule has 106 valence electrons. The molecular formula is C13H21N3O2S. The summed E-state index contributed by atoms with van der Waals surface area (Å²) in [6, 6.07) is 0. The van der Waals surface area contributed by atoms with Crippen LogP contribution in [0.15, 0.2) is 5.38 Å². The molecule has 1 saturated heterocycles. The van der Waals surface area contributed by atoms with E-state index in [0.717, 1.165) is 43.5 Å². The molecule has 1 aromatic rings. The molecule has 0 aliphatic carbocycles. The Labute approximate surface area is 118 Å². The van der Waals surface area contributed by atoms with E-state index in [1.807, 2.05) is 12.3 Å². The molecule has 1 aliphatic heterocycles. The lowest BCUT2D eigenvalue weighted by atomic mass is 10.1. The molecule has 1 N–H and O–H groups in total. The summed E-state index contributed by atoms with van der Waals surface area (Å²) in [6.07, 6.45) is 1.14. The molecule has 0 saturated carbocycles. The molecule has 0 aromatic carbocycles. The van der Waals surface area contributed by atoms with Crippen molar-refractivity contribution < 1.29 is 9.53 Å². The third-order valence-electron chi connectivity index (χ3n) is 3.23. The minimum atomic E-state index is 0.0412. The lowest BCUT2D eigenvalue weighted by Gasteiger charge is -2.14. The quantitative estimate of drug-likeness (QED) is 0.862. The Kier molecular flexibility index (Phi) is 5.30. The molecule has 1 unspecified atom stereocenters. The second-order valence-corrected chi connectivity index (χ2v) is 5.58. The fourth-order valence-corrected chi connectivity index (χ4v) is 3.08. The summed E-state index contributed by atoms with van der Waals surface area (Å²) in [4.78, 5) is 17.6. The van der Waals surface area contributed by atoms with E-state index in [2.05, 4.69) is 10.3 Å². The summed E-state index contributed by atoms with van der Waals surface area (Å²) in [5.74, 6) is 0.668. The normalized spacial score (nSPS) is 18.7. The summed E-state index contributed by atoms with van der Waals surface area (Å²) >= 11 is 1.52. The molecule has 2 rings (SSSR count). The number of carbonyl (C=O) groups is 1. The number of thiazole rings is 1. The molecule has 1 fully saturated rings. The van der Waals surface area contributed by atoms with Crippen molar-refractivity contribution in [3.63, 3.8) is 0 Å². The second kappa shape index (κ2) is 6.98. The van der Waals surface area contributed by atoms with Gasteiger partial charge in [0.15, 0.2) is 5.13 Å². The largest absolute Gasteiger partial charge is 0.381 e. The van der Waals surface area contributed by atoms with Crippen LogP contribution in [-0.2, 0) is 16.1 Å². The summed E-state index contributed by atoms with van der Waals surface area (Å²) in [6.45, 7) is 7.67. The van der Waals surface area contributed by atoms with E-state index in [0.29, 0.717) is 12.5 Å². The minimum Gasteiger partial charge on any atom is -0.381 e. The number of anilines is 1. The summed E-state index contributed by atoms with van der Waals surface area (Å²) in [7, 11) is 0. The van der Waals surface area contributed by atoms with Gasteiger partial charge in [-0.15, -0.1) is 11.3 Å². The van der Waals surface area contributed by atoms with Crippen molar-refractivity contribution in [1.82, 2.24) is 10.3 Å². The predicted molar refractivity (Wildman–Crippen MR) is 76.4 cm³/mol. The van der Waals surface area contributed by atoms with Crippen LogP contribution in [0, 0.1) is 5.92 Å². The van der Waals surface area contributed by atoms with Crippen LogP contribution in [0.4, 0.5) is 5.13 Å². The van der Waals surface area contributed by atoms with Gasteiger partial charge in [0, 0.05) is 38.5 Å². The fourth-order valence-electron chi connectivity index (χ4n) is 2.14. The number of amides is 1. The van der Waals surface area contributed by atoms with Crippen LogP contribution < -0.4 is 10.2 Å². The zero-order valence-corrected chi connectivity index (χ0v) is 12.3. The molecule has 1 aromatic heterocycles. The average molecular weight is 283 g/mol. The Hall–Kier alpha value is -0.980. The van der Waals surface area contributed by atoms with Crippen molar-refractivity contribution in [1.29, 1.82) is 0 Å². The van der Waals surface area contributed by atoms with Crippen LogP contribution in [0.2, 0.25) is 0 Å². The molecule has 1 atom stereocenters. The predicted octanol–water partition coefficient (Wildman–Crippen LogP) is 1.64. The molecule has 6 heteroatoms. The van der Waals surface area contributed by atoms with E-state index in [-0.39, 0.29) is 5.91 Å². The molecule has 1 aliphatic rings. The van der Waals surface area contributed by atoms with Gasteiger partial charge in [0.25, 0.3) is 0 Å². The Morgan fingerprint density at radius 1 is 1.68 bits per heavy atom. The topological polar surface area (TPSA) is 54.5 Å². The third-order valence-corrected chi connectivity index (χ3v) is 4.14. The van der Waals surface area contributed by atoms with E-state index in [9.17, 15) is 4.79 Å². The highest BCUT2D eigenvalue weighted by Crippen LogP contribution is 2.20. The first-order chi connectivity index (χ1) is 9.20. The maximum absolute atomic E-state index is 11.4. The van der Waals surface area contributed by atoms with Crippen molar-refractivity contribution in [2.45, 2.75) is 26.8 Å². The first kappa shape index (κ1) is 14.4. The number of nitrogens with one attached hydrogen (secondary N) is 1. The smallest absolute Gasteiger partial charge is 0.225 e. The molecule has 19 heavy (non-hydrogen) atoms. The number of ether oxygens (including phenoxy) is 1. The molecule has 1 amide bonds. The molecular weight excluding hydrogens is 262 g/mol. The van der Waals surface area contributed by atoms with Gasteiger partial charge < -0.3 is 10.1 Å². The van der Waals surface area contributed by atoms with Gasteiger partial charge in [-0.1, -0.05) is 0 Å². The molecule has 0 spiro atoms. The van der Waals surface area contributed by atoms with E-state index in [1.54, 1.807) is 11.8 Å². The van der Waals surface area contributed by atoms with Crippen molar-refractivity contribution in [2.24, 2.45) is 5.92 Å². The lowest BCUT2D eigenvalue weighted by Crippen LogP contribution is -2.28. The summed E-state index contributed by atoms with van der Waals surface area (Å²) in [5.41, 5.74) is 0.999. The maximum atomic E-state index is 11.4. The van der Waals surface area contributed by atoms with Crippen molar-refractivity contribution in [3.05, 3.63) is 11.1 Å².